The van der Waals surface area contributed by atoms with Crippen molar-refractivity contribution in [1.29, 1.82) is 0 Å². The number of sulfonamides is 1. The quantitative estimate of drug-likeness (QED) is 0.494. The number of nitrogens with one attached hydrogen (secondary N) is 2. The molecular formula is C20H34N4O2S2. The van der Waals surface area contributed by atoms with Gasteiger partial charge in [-0.3, -0.25) is 0 Å². The molecule has 1 saturated heterocycles. The number of thioether (sulfide) groups is 1. The molecule has 1 aliphatic heterocycles. The van der Waals surface area contributed by atoms with Crippen LogP contribution in [0, 0.1) is 0 Å². The summed E-state index contributed by atoms with van der Waals surface area (Å²) >= 11 is 2.02. The Hall–Kier alpha value is -1.25. The molecule has 1 heterocycles. The molecule has 1 aromatic rings. The Labute approximate surface area is 174 Å². The standard InChI is InChI=1S/C20H34N4O2S2/c1-6-21-19(23-15-20(4)12-7-13-27-20)22-14-17-8-10-18(11-9-17)28(25,26)24(5)16(2)3/h8-11,16H,6-7,12-15H2,1-5H3,(H2,21,22,23). The van der Waals surface area contributed by atoms with Crippen LogP contribution in [0.2, 0.25) is 0 Å². The molecule has 6 nitrogen and oxygen atoms in total. The van der Waals surface area contributed by atoms with Crippen LogP contribution in [-0.4, -0.2) is 55.4 Å². The molecule has 2 N–H and O–H groups in total. The van der Waals surface area contributed by atoms with E-state index < -0.39 is 10.0 Å². The van der Waals surface area contributed by atoms with Crippen LogP contribution in [0.5, 0.6) is 0 Å². The fourth-order valence-electron chi connectivity index (χ4n) is 2.97. The van der Waals surface area contributed by atoms with Crippen LogP contribution in [0.15, 0.2) is 34.2 Å². The number of hydrogen-bond donors (Lipinski definition) is 2. The third kappa shape index (κ3) is 6.12. The molecule has 2 rings (SSSR count). The summed E-state index contributed by atoms with van der Waals surface area (Å²) in [6, 6.07) is 6.92. The molecule has 1 aliphatic rings. The number of benzene rings is 1. The molecule has 28 heavy (non-hydrogen) atoms. The van der Waals surface area contributed by atoms with Gasteiger partial charge in [-0.25, -0.2) is 13.4 Å². The van der Waals surface area contributed by atoms with Crippen molar-refractivity contribution in [3.8, 4) is 0 Å². The van der Waals surface area contributed by atoms with Crippen molar-refractivity contribution in [2.24, 2.45) is 4.99 Å². The van der Waals surface area contributed by atoms with Gasteiger partial charge in [0.15, 0.2) is 5.96 Å². The lowest BCUT2D eigenvalue weighted by Gasteiger charge is -2.24. The zero-order valence-electron chi connectivity index (χ0n) is 17.7. The largest absolute Gasteiger partial charge is 0.357 e. The fourth-order valence-corrected chi connectivity index (χ4v) is 5.58. The summed E-state index contributed by atoms with van der Waals surface area (Å²) in [5, 5.41) is 6.74. The summed E-state index contributed by atoms with van der Waals surface area (Å²) in [5.74, 6) is 2.03. The topological polar surface area (TPSA) is 73.8 Å². The molecule has 1 atom stereocenters. The van der Waals surface area contributed by atoms with Crippen LogP contribution >= 0.6 is 11.8 Å². The zero-order valence-corrected chi connectivity index (χ0v) is 19.3. The molecule has 0 radical (unpaired) electrons. The maximum atomic E-state index is 12.6. The monoisotopic (exact) mass is 426 g/mol. The summed E-state index contributed by atoms with van der Waals surface area (Å²) in [5.41, 5.74) is 0.977. The van der Waals surface area contributed by atoms with Gasteiger partial charge >= 0.3 is 0 Å². The van der Waals surface area contributed by atoms with Crippen molar-refractivity contribution in [2.45, 2.75) is 62.8 Å². The van der Waals surface area contributed by atoms with E-state index in [9.17, 15) is 8.42 Å². The third-order valence-electron chi connectivity index (χ3n) is 5.02. The number of nitrogens with zero attached hydrogens (tertiary/aromatic N) is 2. The molecule has 1 fully saturated rings. The first kappa shape index (κ1) is 23.0. The molecular weight excluding hydrogens is 392 g/mol. The molecule has 0 bridgehead atoms. The van der Waals surface area contributed by atoms with E-state index in [0.29, 0.717) is 11.4 Å². The van der Waals surface area contributed by atoms with E-state index in [1.807, 2.05) is 44.7 Å². The van der Waals surface area contributed by atoms with Gasteiger partial charge in [-0.2, -0.15) is 16.1 Å². The highest BCUT2D eigenvalue weighted by Gasteiger charge is 2.29. The van der Waals surface area contributed by atoms with E-state index in [4.69, 9.17) is 0 Å². The SMILES string of the molecule is CCNC(=NCc1ccc(S(=O)(=O)N(C)C(C)C)cc1)NCC1(C)CCCS1. The molecule has 0 spiro atoms. The van der Waals surface area contributed by atoms with Gasteiger partial charge in [0.05, 0.1) is 11.4 Å². The van der Waals surface area contributed by atoms with Gasteiger partial charge in [0, 0.05) is 30.9 Å². The Balaban J connectivity index is 2.02. The van der Waals surface area contributed by atoms with Crippen LogP contribution in [0.4, 0.5) is 0 Å². The Morgan fingerprint density at radius 1 is 1.29 bits per heavy atom. The minimum Gasteiger partial charge on any atom is -0.357 e. The highest BCUT2D eigenvalue weighted by atomic mass is 32.2. The minimum absolute atomic E-state index is 0.0806. The lowest BCUT2D eigenvalue weighted by molar-refractivity contribution is 0.410. The first-order valence-electron chi connectivity index (χ1n) is 9.91. The summed E-state index contributed by atoms with van der Waals surface area (Å²) in [6.45, 7) is 10.3. The average Bonchev–Trinajstić information content (AvgIpc) is 3.10. The number of rotatable bonds is 8. The predicted octanol–water partition coefficient (Wildman–Crippen LogP) is 3.06. The van der Waals surface area contributed by atoms with Crippen LogP contribution < -0.4 is 10.6 Å². The molecule has 1 aromatic carbocycles. The van der Waals surface area contributed by atoms with E-state index in [2.05, 4.69) is 22.5 Å². The van der Waals surface area contributed by atoms with Crippen molar-refractivity contribution in [3.05, 3.63) is 29.8 Å². The van der Waals surface area contributed by atoms with E-state index in [-0.39, 0.29) is 10.8 Å². The predicted molar refractivity (Wildman–Crippen MR) is 119 cm³/mol. The Morgan fingerprint density at radius 2 is 1.96 bits per heavy atom. The van der Waals surface area contributed by atoms with E-state index >= 15 is 0 Å². The molecule has 8 heteroatoms. The molecule has 0 aromatic heterocycles. The highest BCUT2D eigenvalue weighted by molar-refractivity contribution is 8.00. The average molecular weight is 427 g/mol. The fraction of sp³-hybridized carbons (Fsp3) is 0.650. The summed E-state index contributed by atoms with van der Waals surface area (Å²) < 4.78 is 26.8. The maximum absolute atomic E-state index is 12.6. The molecule has 0 amide bonds. The number of guanidine groups is 1. The lowest BCUT2D eigenvalue weighted by atomic mass is 10.1. The Morgan fingerprint density at radius 3 is 2.50 bits per heavy atom. The first-order chi connectivity index (χ1) is 13.2. The van der Waals surface area contributed by atoms with Crippen molar-refractivity contribution in [2.75, 3.05) is 25.9 Å². The summed E-state index contributed by atoms with van der Waals surface area (Å²) in [7, 11) is -1.84. The number of hydrogen-bond acceptors (Lipinski definition) is 4. The summed E-state index contributed by atoms with van der Waals surface area (Å²) in [4.78, 5) is 4.97. The van der Waals surface area contributed by atoms with E-state index in [0.717, 1.165) is 24.6 Å². The van der Waals surface area contributed by atoms with Gasteiger partial charge in [0.1, 0.15) is 0 Å². The highest BCUT2D eigenvalue weighted by Crippen LogP contribution is 2.36. The van der Waals surface area contributed by atoms with Crippen molar-refractivity contribution in [3.63, 3.8) is 0 Å². The third-order valence-corrected chi connectivity index (χ3v) is 8.61. The van der Waals surface area contributed by atoms with Crippen LogP contribution in [-0.2, 0) is 16.6 Å². The van der Waals surface area contributed by atoms with Crippen molar-refractivity contribution in [1.82, 2.24) is 14.9 Å². The minimum atomic E-state index is -3.45. The Bertz CT molecular complexity index is 755. The number of aliphatic imine (C=N–C) groups is 1. The Kier molecular flexibility index (Phi) is 8.21. The van der Waals surface area contributed by atoms with Crippen molar-refractivity contribution >= 4 is 27.7 Å². The van der Waals surface area contributed by atoms with Gasteiger partial charge < -0.3 is 10.6 Å². The van der Waals surface area contributed by atoms with E-state index in [1.165, 1.54) is 22.9 Å². The van der Waals surface area contributed by atoms with Gasteiger partial charge in [0.2, 0.25) is 10.0 Å². The summed E-state index contributed by atoms with van der Waals surface area (Å²) in [6.07, 6.45) is 2.50. The smallest absolute Gasteiger partial charge is 0.243 e. The van der Waals surface area contributed by atoms with E-state index in [1.54, 1.807) is 19.2 Å². The van der Waals surface area contributed by atoms with Gasteiger partial charge in [-0.15, -0.1) is 0 Å². The normalized spacial score (nSPS) is 20.8. The second-order valence-electron chi connectivity index (χ2n) is 7.71. The van der Waals surface area contributed by atoms with Gasteiger partial charge in [0.25, 0.3) is 0 Å². The molecule has 1 unspecified atom stereocenters. The molecule has 0 saturated carbocycles. The second kappa shape index (κ2) is 9.98. The lowest BCUT2D eigenvalue weighted by Crippen LogP contribution is -2.43. The first-order valence-corrected chi connectivity index (χ1v) is 12.3. The maximum Gasteiger partial charge on any atom is 0.243 e. The zero-order chi connectivity index (χ0) is 20.8. The van der Waals surface area contributed by atoms with Crippen molar-refractivity contribution < 1.29 is 8.42 Å². The molecule has 0 aliphatic carbocycles. The molecule has 158 valence electrons. The van der Waals surface area contributed by atoms with Gasteiger partial charge in [-0.05, 0) is 64.0 Å². The van der Waals surface area contributed by atoms with Crippen LogP contribution in [0.1, 0.15) is 46.1 Å². The van der Waals surface area contributed by atoms with Crippen LogP contribution in [0.3, 0.4) is 0 Å². The van der Waals surface area contributed by atoms with Crippen LogP contribution in [0.25, 0.3) is 0 Å². The van der Waals surface area contributed by atoms with Gasteiger partial charge in [-0.1, -0.05) is 12.1 Å². The second-order valence-corrected chi connectivity index (χ2v) is 11.4.